The van der Waals surface area contributed by atoms with E-state index in [2.05, 4.69) is 137 Å². The van der Waals surface area contributed by atoms with Crippen LogP contribution in [0.1, 0.15) is 0 Å². The fraction of sp³-hybridized carbons (Fsp3) is 0. The summed E-state index contributed by atoms with van der Waals surface area (Å²) in [5.41, 5.74) is 11.6. The number of halogens is 1. The highest BCUT2D eigenvalue weighted by Crippen LogP contribution is 2.55. The van der Waals surface area contributed by atoms with Crippen molar-refractivity contribution in [2.45, 2.75) is 0 Å². The van der Waals surface area contributed by atoms with Gasteiger partial charge in [0.2, 0.25) is 0 Å². The van der Waals surface area contributed by atoms with Crippen LogP contribution in [-0.4, -0.2) is 4.98 Å². The molecule has 1 aliphatic carbocycles. The van der Waals surface area contributed by atoms with Crippen LogP contribution in [0.3, 0.4) is 0 Å². The lowest BCUT2D eigenvalue weighted by atomic mass is 9.88. The Hall–Kier alpha value is -4.01. The maximum absolute atomic E-state index is 5.45. The third-order valence-electron chi connectivity index (χ3n) is 6.85. The molecule has 0 saturated carbocycles. The molecule has 6 aromatic rings. The van der Waals surface area contributed by atoms with Crippen molar-refractivity contribution in [2.24, 2.45) is 0 Å². The normalized spacial score (nSPS) is 11.6. The molecule has 0 fully saturated rings. The number of hydrogen-bond donors (Lipinski definition) is 0. The second kappa shape index (κ2) is 8.04. The first kappa shape index (κ1) is 20.4. The van der Waals surface area contributed by atoms with Crippen molar-refractivity contribution in [3.05, 3.63) is 126 Å². The molecule has 0 amide bonds. The van der Waals surface area contributed by atoms with Gasteiger partial charge in [-0.3, -0.25) is 0 Å². The van der Waals surface area contributed by atoms with Gasteiger partial charge in [0.25, 0.3) is 0 Å². The number of nitrogens with zero attached hydrogens (tertiary/aromatic N) is 1. The number of hydrogen-bond acceptors (Lipinski definition) is 1. The Balaban J connectivity index is 1.71. The Bertz CT molecular complexity index is 1730. The van der Waals surface area contributed by atoms with E-state index < -0.39 is 0 Å². The average molecular weight is 510 g/mol. The molecule has 0 bridgehead atoms. The fourth-order valence-corrected chi connectivity index (χ4v) is 5.81. The molecule has 164 valence electrons. The predicted molar refractivity (Wildman–Crippen MR) is 150 cm³/mol. The molecule has 0 saturated heterocycles. The van der Waals surface area contributed by atoms with Crippen LogP contribution in [0.2, 0.25) is 0 Å². The molecule has 0 spiro atoms. The molecule has 2 heteroatoms. The Kier molecular flexibility index (Phi) is 4.68. The van der Waals surface area contributed by atoms with E-state index in [-0.39, 0.29) is 0 Å². The molecule has 7 rings (SSSR count). The topological polar surface area (TPSA) is 12.9 Å². The summed E-state index contributed by atoms with van der Waals surface area (Å²) in [6, 6.07) is 43.0. The molecule has 1 heterocycles. The summed E-state index contributed by atoms with van der Waals surface area (Å²) in [6.07, 6.45) is 0. The Morgan fingerprint density at radius 2 is 1.03 bits per heavy atom. The Morgan fingerprint density at radius 1 is 0.457 bits per heavy atom. The van der Waals surface area contributed by atoms with Crippen molar-refractivity contribution in [2.75, 3.05) is 0 Å². The maximum Gasteiger partial charge on any atom is 0.0794 e. The minimum absolute atomic E-state index is 1.000. The molecule has 0 N–H and O–H groups in total. The first-order valence-corrected chi connectivity index (χ1v) is 12.6. The van der Waals surface area contributed by atoms with Gasteiger partial charge in [0.15, 0.2) is 0 Å². The SMILES string of the molecule is Brc1cccc(-c2nc(-c3ccccc3)c3c(c2-c2ccccc2)-c2cccc4cccc-3c24)c1. The van der Waals surface area contributed by atoms with E-state index >= 15 is 0 Å². The second-order valence-corrected chi connectivity index (χ2v) is 9.80. The van der Waals surface area contributed by atoms with Gasteiger partial charge in [-0.1, -0.05) is 125 Å². The number of aromatic nitrogens is 1. The van der Waals surface area contributed by atoms with Gasteiger partial charge in [0.1, 0.15) is 0 Å². The molecule has 1 nitrogen and oxygen atoms in total. The number of rotatable bonds is 3. The quantitative estimate of drug-likeness (QED) is 0.231. The summed E-state index contributed by atoms with van der Waals surface area (Å²) in [4.78, 5) is 5.45. The van der Waals surface area contributed by atoms with Crippen LogP contribution in [-0.2, 0) is 0 Å². The van der Waals surface area contributed by atoms with Gasteiger partial charge in [0, 0.05) is 32.3 Å². The van der Waals surface area contributed by atoms with E-state index in [1.165, 1.54) is 44.2 Å². The molecule has 35 heavy (non-hydrogen) atoms. The van der Waals surface area contributed by atoms with Crippen molar-refractivity contribution in [1.82, 2.24) is 4.98 Å². The van der Waals surface area contributed by atoms with Gasteiger partial charge < -0.3 is 0 Å². The lowest BCUT2D eigenvalue weighted by Gasteiger charge is -2.19. The molecule has 5 aromatic carbocycles. The van der Waals surface area contributed by atoms with Crippen molar-refractivity contribution in [3.8, 4) is 55.9 Å². The lowest BCUT2D eigenvalue weighted by Crippen LogP contribution is -1.98. The van der Waals surface area contributed by atoms with Crippen LogP contribution in [0.4, 0.5) is 0 Å². The summed E-state index contributed by atoms with van der Waals surface area (Å²) in [5.74, 6) is 0. The van der Waals surface area contributed by atoms with Crippen molar-refractivity contribution in [1.29, 1.82) is 0 Å². The van der Waals surface area contributed by atoms with Gasteiger partial charge in [-0.15, -0.1) is 0 Å². The van der Waals surface area contributed by atoms with Gasteiger partial charge >= 0.3 is 0 Å². The number of pyridine rings is 1. The zero-order chi connectivity index (χ0) is 23.4. The van der Waals surface area contributed by atoms with Crippen molar-refractivity contribution in [3.63, 3.8) is 0 Å². The van der Waals surface area contributed by atoms with Gasteiger partial charge in [-0.2, -0.15) is 0 Å². The van der Waals surface area contributed by atoms with Crippen LogP contribution in [0.25, 0.3) is 66.7 Å². The van der Waals surface area contributed by atoms with Crippen LogP contribution in [0.5, 0.6) is 0 Å². The zero-order valence-corrected chi connectivity index (χ0v) is 20.5. The van der Waals surface area contributed by atoms with Crippen molar-refractivity contribution < 1.29 is 0 Å². The summed E-state index contributed by atoms with van der Waals surface area (Å²) in [5, 5.41) is 2.57. The Labute approximate surface area is 212 Å². The highest BCUT2D eigenvalue weighted by molar-refractivity contribution is 9.10. The highest BCUT2D eigenvalue weighted by atomic mass is 79.9. The number of fused-ring (bicyclic) bond motifs is 3. The molecule has 0 atom stereocenters. The summed E-state index contributed by atoms with van der Waals surface area (Å²) >= 11 is 3.69. The van der Waals surface area contributed by atoms with Gasteiger partial charge in [0.05, 0.1) is 11.4 Å². The molecular formula is C33H20BrN. The Morgan fingerprint density at radius 3 is 1.71 bits per heavy atom. The van der Waals surface area contributed by atoms with Crippen molar-refractivity contribution >= 4 is 26.7 Å². The first-order chi connectivity index (χ1) is 17.3. The van der Waals surface area contributed by atoms with Crippen LogP contribution < -0.4 is 0 Å². The van der Waals surface area contributed by atoms with Crippen LogP contribution in [0, 0.1) is 0 Å². The zero-order valence-electron chi connectivity index (χ0n) is 18.9. The maximum atomic E-state index is 5.45. The van der Waals surface area contributed by atoms with E-state index in [1.54, 1.807) is 0 Å². The third kappa shape index (κ3) is 3.18. The molecule has 0 aliphatic heterocycles. The first-order valence-electron chi connectivity index (χ1n) is 11.8. The molecular weight excluding hydrogens is 490 g/mol. The second-order valence-electron chi connectivity index (χ2n) is 8.89. The molecule has 1 aliphatic rings. The van der Waals surface area contributed by atoms with Crippen LogP contribution >= 0.6 is 15.9 Å². The fourth-order valence-electron chi connectivity index (χ4n) is 5.41. The largest absolute Gasteiger partial charge is 0.246 e. The minimum Gasteiger partial charge on any atom is -0.246 e. The highest BCUT2D eigenvalue weighted by Gasteiger charge is 2.31. The molecule has 0 unspecified atom stereocenters. The van der Waals surface area contributed by atoms with E-state index in [1.807, 2.05) is 0 Å². The van der Waals surface area contributed by atoms with Crippen LogP contribution in [0.15, 0.2) is 126 Å². The predicted octanol–water partition coefficient (Wildman–Crippen LogP) is 9.65. The average Bonchev–Trinajstić information content (AvgIpc) is 3.25. The standard InChI is InChI=1S/C33H20BrN/c34-25-17-7-16-24(20-25)33-29(22-10-3-1-4-11-22)30-26-18-8-14-21-15-9-19-27(28(21)26)31(30)32(35-33)23-12-5-2-6-13-23/h1-20H. The van der Waals surface area contributed by atoms with Gasteiger partial charge in [-0.25, -0.2) is 4.98 Å². The number of benzene rings is 5. The monoisotopic (exact) mass is 509 g/mol. The summed E-state index contributed by atoms with van der Waals surface area (Å²) < 4.78 is 1.04. The lowest BCUT2D eigenvalue weighted by molar-refractivity contribution is 1.33. The van der Waals surface area contributed by atoms with E-state index in [4.69, 9.17) is 4.98 Å². The van der Waals surface area contributed by atoms with Gasteiger partial charge in [-0.05, 0) is 39.6 Å². The van der Waals surface area contributed by atoms with E-state index in [0.717, 1.165) is 27.0 Å². The third-order valence-corrected chi connectivity index (χ3v) is 7.34. The molecule has 0 radical (unpaired) electrons. The molecule has 1 aromatic heterocycles. The van der Waals surface area contributed by atoms with E-state index in [0.29, 0.717) is 0 Å². The minimum atomic E-state index is 1.000. The summed E-state index contributed by atoms with van der Waals surface area (Å²) in [7, 11) is 0. The summed E-state index contributed by atoms with van der Waals surface area (Å²) in [6.45, 7) is 0. The van der Waals surface area contributed by atoms with E-state index in [9.17, 15) is 0 Å². The smallest absolute Gasteiger partial charge is 0.0794 e.